The van der Waals surface area contributed by atoms with Gasteiger partial charge in [0.05, 0.1) is 0 Å². The molecule has 74 valence electrons. The van der Waals surface area contributed by atoms with Crippen LogP contribution in [0.15, 0.2) is 0 Å². The monoisotopic (exact) mass is 185 g/mol. The van der Waals surface area contributed by atoms with Gasteiger partial charge in [-0.2, -0.15) is 0 Å². The van der Waals surface area contributed by atoms with Crippen molar-refractivity contribution in [3.05, 3.63) is 0 Å². The predicted octanol–water partition coefficient (Wildman–Crippen LogP) is 0.0486. The zero-order chi connectivity index (χ0) is 9.52. The normalized spacial score (nSPS) is 10.3. The van der Waals surface area contributed by atoms with Crippen LogP contribution in [0.2, 0.25) is 0 Å². The van der Waals surface area contributed by atoms with Gasteiger partial charge in [0, 0.05) is 27.3 Å². The number of aromatic nitrogens is 4. The summed E-state index contributed by atoms with van der Waals surface area (Å²) >= 11 is 0. The fourth-order valence-corrected chi connectivity index (χ4v) is 0.951. The summed E-state index contributed by atoms with van der Waals surface area (Å²) < 4.78 is 6.54. The second-order valence-corrected chi connectivity index (χ2v) is 2.75. The molecule has 6 nitrogen and oxygen atoms in total. The number of rotatable bonds is 6. The van der Waals surface area contributed by atoms with E-state index in [2.05, 4.69) is 20.8 Å². The largest absolute Gasteiger partial charge is 0.385 e. The average Bonchev–Trinajstić information content (AvgIpc) is 2.52. The highest BCUT2D eigenvalue weighted by atomic mass is 16.5. The van der Waals surface area contributed by atoms with Crippen LogP contribution < -0.4 is 5.32 Å². The Morgan fingerprint density at radius 1 is 1.46 bits per heavy atom. The highest BCUT2D eigenvalue weighted by Gasteiger charge is 1.98. The van der Waals surface area contributed by atoms with Gasteiger partial charge in [0.1, 0.15) is 0 Å². The Balaban J connectivity index is 2.10. The van der Waals surface area contributed by atoms with Gasteiger partial charge in [-0.05, 0) is 23.3 Å². The fraction of sp³-hybridized carbons (Fsp3) is 0.857. The summed E-state index contributed by atoms with van der Waals surface area (Å²) in [7, 11) is 3.51. The zero-order valence-corrected chi connectivity index (χ0v) is 8.03. The number of ether oxygens (including phenoxy) is 1. The summed E-state index contributed by atoms with van der Waals surface area (Å²) in [4.78, 5) is 0. The van der Waals surface area contributed by atoms with Crippen molar-refractivity contribution in [2.45, 2.75) is 12.8 Å². The minimum absolute atomic E-state index is 0.706. The molecule has 1 heterocycles. The Hall–Kier alpha value is -1.17. The lowest BCUT2D eigenvalue weighted by Crippen LogP contribution is -2.07. The third-order valence-electron chi connectivity index (χ3n) is 1.68. The van der Waals surface area contributed by atoms with Crippen LogP contribution in [-0.4, -0.2) is 40.5 Å². The van der Waals surface area contributed by atoms with Gasteiger partial charge < -0.3 is 10.1 Å². The van der Waals surface area contributed by atoms with Gasteiger partial charge >= 0.3 is 0 Å². The fourth-order valence-electron chi connectivity index (χ4n) is 0.951. The van der Waals surface area contributed by atoms with Crippen LogP contribution >= 0.6 is 0 Å². The molecule has 0 amide bonds. The summed E-state index contributed by atoms with van der Waals surface area (Å²) in [6.45, 7) is 1.68. The molecule has 1 N–H and O–H groups in total. The van der Waals surface area contributed by atoms with Crippen molar-refractivity contribution >= 4 is 5.95 Å². The molecule has 0 fully saturated rings. The molecule has 0 spiro atoms. The van der Waals surface area contributed by atoms with E-state index in [0.717, 1.165) is 26.0 Å². The van der Waals surface area contributed by atoms with E-state index in [-0.39, 0.29) is 0 Å². The van der Waals surface area contributed by atoms with Crippen LogP contribution in [-0.2, 0) is 11.8 Å². The number of anilines is 1. The molecular weight excluding hydrogens is 170 g/mol. The molecule has 0 bridgehead atoms. The first-order chi connectivity index (χ1) is 6.34. The number of hydrogen-bond donors (Lipinski definition) is 1. The number of nitrogens with zero attached hydrogens (tertiary/aromatic N) is 4. The maximum atomic E-state index is 4.93. The van der Waals surface area contributed by atoms with Crippen LogP contribution in [0.3, 0.4) is 0 Å². The molecule has 0 radical (unpaired) electrons. The molecule has 1 aromatic heterocycles. The van der Waals surface area contributed by atoms with Crippen LogP contribution in [0.25, 0.3) is 0 Å². The van der Waals surface area contributed by atoms with E-state index in [9.17, 15) is 0 Å². The number of tetrazole rings is 1. The van der Waals surface area contributed by atoms with Crippen LogP contribution in [0.1, 0.15) is 12.8 Å². The van der Waals surface area contributed by atoms with E-state index in [1.807, 2.05) is 0 Å². The molecule has 1 rings (SSSR count). The first kappa shape index (κ1) is 9.91. The number of nitrogens with one attached hydrogen (secondary N) is 1. The lowest BCUT2D eigenvalue weighted by molar-refractivity contribution is 0.193. The maximum absolute atomic E-state index is 4.93. The van der Waals surface area contributed by atoms with Crippen LogP contribution in [0.5, 0.6) is 0 Å². The van der Waals surface area contributed by atoms with Gasteiger partial charge in [-0.25, -0.2) is 4.68 Å². The van der Waals surface area contributed by atoms with Crippen LogP contribution in [0, 0.1) is 0 Å². The SMILES string of the molecule is COCCCCNc1nnnn1C. The van der Waals surface area contributed by atoms with E-state index in [0.29, 0.717) is 5.95 Å². The van der Waals surface area contributed by atoms with E-state index in [1.54, 1.807) is 18.8 Å². The van der Waals surface area contributed by atoms with Gasteiger partial charge in [-0.1, -0.05) is 5.10 Å². The first-order valence-electron chi connectivity index (χ1n) is 4.29. The summed E-state index contributed by atoms with van der Waals surface area (Å²) in [6, 6.07) is 0. The topological polar surface area (TPSA) is 64.9 Å². The summed E-state index contributed by atoms with van der Waals surface area (Å²) in [6.07, 6.45) is 2.11. The molecule has 0 saturated heterocycles. The quantitative estimate of drug-likeness (QED) is 0.634. The van der Waals surface area contributed by atoms with E-state index < -0.39 is 0 Å². The second-order valence-electron chi connectivity index (χ2n) is 2.75. The Labute approximate surface area is 77.3 Å². The highest BCUT2D eigenvalue weighted by molar-refractivity contribution is 5.20. The van der Waals surface area contributed by atoms with E-state index >= 15 is 0 Å². The summed E-state index contributed by atoms with van der Waals surface area (Å²) in [5.74, 6) is 0.706. The second kappa shape index (κ2) is 5.47. The van der Waals surface area contributed by atoms with Gasteiger partial charge in [0.2, 0.25) is 5.95 Å². The minimum atomic E-state index is 0.706. The smallest absolute Gasteiger partial charge is 0.242 e. The average molecular weight is 185 g/mol. The van der Waals surface area contributed by atoms with Crippen molar-refractivity contribution in [2.75, 3.05) is 25.6 Å². The lowest BCUT2D eigenvalue weighted by Gasteiger charge is -2.02. The van der Waals surface area contributed by atoms with Gasteiger partial charge in [-0.3, -0.25) is 0 Å². The molecule has 0 aromatic carbocycles. The standard InChI is InChI=1S/C7H15N5O/c1-12-7(9-10-11-12)8-5-3-4-6-13-2/h3-6H2,1-2H3,(H,8,9,11). The Kier molecular flexibility index (Phi) is 4.17. The van der Waals surface area contributed by atoms with Crippen molar-refractivity contribution in [2.24, 2.45) is 7.05 Å². The zero-order valence-electron chi connectivity index (χ0n) is 8.03. The first-order valence-corrected chi connectivity index (χ1v) is 4.29. The molecule has 1 aromatic rings. The Morgan fingerprint density at radius 3 is 2.92 bits per heavy atom. The third-order valence-corrected chi connectivity index (χ3v) is 1.68. The lowest BCUT2D eigenvalue weighted by atomic mass is 10.3. The van der Waals surface area contributed by atoms with Crippen LogP contribution in [0.4, 0.5) is 5.95 Å². The molecule has 0 atom stereocenters. The number of unbranched alkanes of at least 4 members (excludes halogenated alkanes) is 1. The molecular formula is C7H15N5O. The predicted molar refractivity (Wildman–Crippen MR) is 48.4 cm³/mol. The van der Waals surface area contributed by atoms with Crippen molar-refractivity contribution in [1.29, 1.82) is 0 Å². The van der Waals surface area contributed by atoms with Crippen molar-refractivity contribution in [1.82, 2.24) is 20.2 Å². The number of hydrogen-bond acceptors (Lipinski definition) is 5. The molecule has 13 heavy (non-hydrogen) atoms. The Morgan fingerprint density at radius 2 is 2.31 bits per heavy atom. The highest BCUT2D eigenvalue weighted by Crippen LogP contribution is 1.96. The molecule has 6 heteroatoms. The Bertz CT molecular complexity index is 237. The van der Waals surface area contributed by atoms with Crippen molar-refractivity contribution in [3.63, 3.8) is 0 Å². The summed E-state index contributed by atoms with van der Waals surface area (Å²) in [5.41, 5.74) is 0. The summed E-state index contributed by atoms with van der Waals surface area (Å²) in [5, 5.41) is 14.1. The molecule has 0 saturated carbocycles. The third kappa shape index (κ3) is 3.37. The van der Waals surface area contributed by atoms with Gasteiger partial charge in [-0.15, -0.1) is 0 Å². The maximum Gasteiger partial charge on any atom is 0.242 e. The number of aryl methyl sites for hydroxylation is 1. The minimum Gasteiger partial charge on any atom is -0.385 e. The van der Waals surface area contributed by atoms with E-state index in [4.69, 9.17) is 4.74 Å². The van der Waals surface area contributed by atoms with Crippen molar-refractivity contribution in [3.8, 4) is 0 Å². The van der Waals surface area contributed by atoms with Gasteiger partial charge in [0.15, 0.2) is 0 Å². The molecule has 0 aliphatic carbocycles. The van der Waals surface area contributed by atoms with Crippen molar-refractivity contribution < 1.29 is 4.74 Å². The molecule has 0 aliphatic rings. The van der Waals surface area contributed by atoms with Gasteiger partial charge in [0.25, 0.3) is 0 Å². The molecule has 0 unspecified atom stereocenters. The number of methoxy groups -OCH3 is 1. The molecule has 0 aliphatic heterocycles. The van der Waals surface area contributed by atoms with E-state index in [1.165, 1.54) is 0 Å².